The fourth-order valence-electron chi connectivity index (χ4n) is 3.72. The molecule has 0 radical (unpaired) electrons. The summed E-state index contributed by atoms with van der Waals surface area (Å²) in [6.07, 6.45) is 0.704. The maximum atomic E-state index is 14.9. The number of nitrogens with one attached hydrogen (secondary N) is 1. The van der Waals surface area contributed by atoms with Gasteiger partial charge in [-0.2, -0.15) is 0 Å². The Bertz CT molecular complexity index is 1350. The first-order valence-corrected chi connectivity index (χ1v) is 14.4. The van der Waals surface area contributed by atoms with Crippen molar-refractivity contribution in [3.05, 3.63) is 94.7 Å². The predicted octanol–water partition coefficient (Wildman–Crippen LogP) is 5.12. The third kappa shape index (κ3) is 7.20. The molecule has 0 heterocycles. The van der Waals surface area contributed by atoms with Crippen LogP contribution >= 0.6 is 15.9 Å². The van der Waals surface area contributed by atoms with Crippen molar-refractivity contribution >= 4 is 43.5 Å². The van der Waals surface area contributed by atoms with Crippen molar-refractivity contribution in [1.29, 1.82) is 0 Å². The Hall–Kier alpha value is -3.24. The smallest absolute Gasteiger partial charge is 0.264 e. The molecule has 38 heavy (non-hydrogen) atoms. The summed E-state index contributed by atoms with van der Waals surface area (Å²) in [5, 5.41) is 2.88. The predicted molar refractivity (Wildman–Crippen MR) is 149 cm³/mol. The summed E-state index contributed by atoms with van der Waals surface area (Å²) in [6.45, 7) is 4.74. The van der Waals surface area contributed by atoms with E-state index >= 15 is 0 Å². The standard InChI is InChI=1S/C28H31BrFN3O4S/c1-4-20(2)31-28(35)21(3)32(18-22-14-16-23(29)17-15-22)27(34)19-33(26-13-9-8-12-25(26)30)38(36,37)24-10-6-5-7-11-24/h5-17,20-21H,4,18-19H2,1-3H3,(H,31,35)/t20-,21+/m1/s1. The van der Waals surface area contributed by atoms with Crippen LogP contribution in [0.5, 0.6) is 0 Å². The van der Waals surface area contributed by atoms with Crippen LogP contribution in [0.3, 0.4) is 0 Å². The van der Waals surface area contributed by atoms with Gasteiger partial charge >= 0.3 is 0 Å². The molecule has 0 saturated heterocycles. The van der Waals surface area contributed by atoms with E-state index in [1.807, 2.05) is 26.0 Å². The minimum atomic E-state index is -4.31. The first kappa shape index (κ1) is 29.3. The van der Waals surface area contributed by atoms with E-state index < -0.39 is 34.3 Å². The third-order valence-electron chi connectivity index (χ3n) is 6.17. The average molecular weight is 605 g/mol. The molecular formula is C28H31BrFN3O4S. The van der Waals surface area contributed by atoms with Crippen molar-refractivity contribution in [3.63, 3.8) is 0 Å². The number of nitrogens with zero attached hydrogens (tertiary/aromatic N) is 2. The van der Waals surface area contributed by atoms with Gasteiger partial charge in [0, 0.05) is 17.1 Å². The van der Waals surface area contributed by atoms with Crippen LogP contribution < -0.4 is 9.62 Å². The molecule has 7 nitrogen and oxygen atoms in total. The molecule has 10 heteroatoms. The van der Waals surface area contributed by atoms with Crippen LogP contribution in [0.4, 0.5) is 10.1 Å². The number of amides is 2. The number of para-hydroxylation sites is 1. The van der Waals surface area contributed by atoms with Crippen LogP contribution in [0.25, 0.3) is 0 Å². The normalized spacial score (nSPS) is 12.9. The highest BCUT2D eigenvalue weighted by Crippen LogP contribution is 2.27. The second kappa shape index (κ2) is 13.0. The highest BCUT2D eigenvalue weighted by atomic mass is 79.9. The van der Waals surface area contributed by atoms with Gasteiger partial charge in [0.1, 0.15) is 18.4 Å². The van der Waals surface area contributed by atoms with E-state index in [1.165, 1.54) is 35.2 Å². The average Bonchev–Trinajstić information content (AvgIpc) is 2.91. The molecule has 2 atom stereocenters. The van der Waals surface area contributed by atoms with Crippen LogP contribution in [0.1, 0.15) is 32.8 Å². The number of benzene rings is 3. The minimum absolute atomic E-state index is 0.0533. The molecule has 0 spiro atoms. The topological polar surface area (TPSA) is 86.8 Å². The van der Waals surface area contributed by atoms with Gasteiger partial charge in [0.05, 0.1) is 10.6 Å². The number of sulfonamides is 1. The van der Waals surface area contributed by atoms with Gasteiger partial charge in [-0.3, -0.25) is 13.9 Å². The van der Waals surface area contributed by atoms with Crippen molar-refractivity contribution in [2.45, 2.75) is 50.7 Å². The number of carbonyl (C=O) groups is 2. The Kier molecular flexibility index (Phi) is 10.0. The van der Waals surface area contributed by atoms with E-state index in [1.54, 1.807) is 37.3 Å². The second-order valence-electron chi connectivity index (χ2n) is 8.92. The number of hydrogen-bond acceptors (Lipinski definition) is 4. The number of anilines is 1. The Morgan fingerprint density at radius 3 is 2.16 bits per heavy atom. The zero-order valence-corrected chi connectivity index (χ0v) is 23.9. The highest BCUT2D eigenvalue weighted by molar-refractivity contribution is 9.10. The monoisotopic (exact) mass is 603 g/mol. The van der Waals surface area contributed by atoms with Crippen molar-refractivity contribution in [2.75, 3.05) is 10.8 Å². The molecule has 0 unspecified atom stereocenters. The molecule has 0 saturated carbocycles. The zero-order chi connectivity index (χ0) is 27.9. The van der Waals surface area contributed by atoms with Gasteiger partial charge < -0.3 is 10.2 Å². The molecule has 3 aromatic carbocycles. The molecule has 2 amide bonds. The lowest BCUT2D eigenvalue weighted by molar-refractivity contribution is -0.139. The van der Waals surface area contributed by atoms with Gasteiger partial charge in [-0.15, -0.1) is 0 Å². The molecule has 1 N–H and O–H groups in total. The molecular weight excluding hydrogens is 573 g/mol. The first-order valence-electron chi connectivity index (χ1n) is 12.2. The molecule has 0 bridgehead atoms. The van der Waals surface area contributed by atoms with Crippen LogP contribution in [0, 0.1) is 5.82 Å². The van der Waals surface area contributed by atoms with E-state index in [4.69, 9.17) is 0 Å². The molecule has 0 aliphatic carbocycles. The first-order chi connectivity index (χ1) is 18.0. The molecule has 0 aliphatic rings. The Balaban J connectivity index is 2.02. The lowest BCUT2D eigenvalue weighted by Crippen LogP contribution is -2.52. The molecule has 0 aliphatic heterocycles. The summed E-state index contributed by atoms with van der Waals surface area (Å²) >= 11 is 3.38. The van der Waals surface area contributed by atoms with Crippen molar-refractivity contribution in [1.82, 2.24) is 10.2 Å². The summed E-state index contributed by atoms with van der Waals surface area (Å²) in [7, 11) is -4.31. The van der Waals surface area contributed by atoms with E-state index in [2.05, 4.69) is 21.2 Å². The van der Waals surface area contributed by atoms with E-state index in [-0.39, 0.29) is 29.1 Å². The summed E-state index contributed by atoms with van der Waals surface area (Å²) in [5.74, 6) is -1.81. The van der Waals surface area contributed by atoms with Crippen LogP contribution in [-0.4, -0.2) is 43.8 Å². The van der Waals surface area contributed by atoms with Crippen LogP contribution in [0.2, 0.25) is 0 Å². The quantitative estimate of drug-likeness (QED) is 0.330. The van der Waals surface area contributed by atoms with Crippen molar-refractivity contribution in [2.24, 2.45) is 0 Å². The van der Waals surface area contributed by atoms with Crippen molar-refractivity contribution in [3.8, 4) is 0 Å². The Labute approximate surface area is 231 Å². The fraction of sp³-hybridized carbons (Fsp3) is 0.286. The zero-order valence-electron chi connectivity index (χ0n) is 21.5. The van der Waals surface area contributed by atoms with Crippen molar-refractivity contribution < 1.29 is 22.4 Å². The van der Waals surface area contributed by atoms with Gasteiger partial charge in [0.2, 0.25) is 11.8 Å². The van der Waals surface area contributed by atoms with Gasteiger partial charge in [-0.1, -0.05) is 65.3 Å². The maximum absolute atomic E-state index is 14.9. The largest absolute Gasteiger partial charge is 0.352 e. The van der Waals surface area contributed by atoms with Gasteiger partial charge in [0.15, 0.2) is 0 Å². The van der Waals surface area contributed by atoms with Gasteiger partial charge in [0.25, 0.3) is 10.0 Å². The Morgan fingerprint density at radius 2 is 1.55 bits per heavy atom. The second-order valence-corrected chi connectivity index (χ2v) is 11.7. The van der Waals surface area contributed by atoms with Gasteiger partial charge in [-0.25, -0.2) is 12.8 Å². The third-order valence-corrected chi connectivity index (χ3v) is 8.47. The molecule has 3 aromatic rings. The fourth-order valence-corrected chi connectivity index (χ4v) is 5.43. The summed E-state index contributed by atoms with van der Waals surface area (Å²) in [6, 6.07) is 19.1. The Morgan fingerprint density at radius 1 is 0.947 bits per heavy atom. The summed E-state index contributed by atoms with van der Waals surface area (Å²) in [4.78, 5) is 28.1. The molecule has 0 aromatic heterocycles. The summed E-state index contributed by atoms with van der Waals surface area (Å²) in [5.41, 5.74) is 0.484. The SMILES string of the molecule is CC[C@@H](C)NC(=O)[C@H](C)N(Cc1ccc(Br)cc1)C(=O)CN(c1ccccc1F)S(=O)(=O)c1ccccc1. The lowest BCUT2D eigenvalue weighted by atomic mass is 10.1. The van der Waals surface area contributed by atoms with E-state index in [0.717, 1.165) is 20.4 Å². The van der Waals surface area contributed by atoms with Crippen LogP contribution in [0.15, 0.2) is 88.2 Å². The van der Waals surface area contributed by atoms with E-state index in [9.17, 15) is 22.4 Å². The maximum Gasteiger partial charge on any atom is 0.264 e. The molecule has 202 valence electrons. The van der Waals surface area contributed by atoms with Crippen LogP contribution in [-0.2, 0) is 26.2 Å². The lowest BCUT2D eigenvalue weighted by Gasteiger charge is -2.32. The summed E-state index contributed by atoms with van der Waals surface area (Å²) < 4.78 is 43.8. The molecule has 0 fully saturated rings. The van der Waals surface area contributed by atoms with Gasteiger partial charge in [-0.05, 0) is 62.2 Å². The van der Waals surface area contributed by atoms with E-state index in [0.29, 0.717) is 6.42 Å². The minimum Gasteiger partial charge on any atom is -0.352 e. The number of carbonyl (C=O) groups excluding carboxylic acids is 2. The highest BCUT2D eigenvalue weighted by Gasteiger charge is 2.33. The molecule has 3 rings (SSSR count). The number of halogens is 2. The number of hydrogen-bond donors (Lipinski definition) is 1. The number of rotatable bonds is 11.